The van der Waals surface area contributed by atoms with Gasteiger partial charge in [0.05, 0.1) is 12.7 Å². The number of nitrogens with zero attached hydrogens (tertiary/aromatic N) is 4. The summed E-state index contributed by atoms with van der Waals surface area (Å²) in [4.78, 5) is 15.6. The van der Waals surface area contributed by atoms with Crippen LogP contribution in [0.2, 0.25) is 0 Å². The van der Waals surface area contributed by atoms with Gasteiger partial charge in [-0.25, -0.2) is 0 Å². The average Bonchev–Trinajstić information content (AvgIpc) is 3.28. The number of rotatable bonds is 5. The molecule has 1 amide bonds. The van der Waals surface area contributed by atoms with E-state index in [-0.39, 0.29) is 5.91 Å². The van der Waals surface area contributed by atoms with Crippen LogP contribution in [0.25, 0.3) is 10.1 Å². The van der Waals surface area contributed by atoms with Crippen molar-refractivity contribution in [3.8, 4) is 0 Å². The van der Waals surface area contributed by atoms with Crippen LogP contribution in [0.5, 0.6) is 0 Å². The number of nitrogens with one attached hydrogen (secondary N) is 1. The molecule has 0 spiro atoms. The molecule has 0 bridgehead atoms. The highest BCUT2D eigenvalue weighted by molar-refractivity contribution is 7.19. The molecule has 7 heteroatoms. The van der Waals surface area contributed by atoms with Gasteiger partial charge in [-0.3, -0.25) is 9.48 Å². The number of fused-ring (bicyclic) bond motifs is 1. The van der Waals surface area contributed by atoms with Crippen molar-refractivity contribution in [3.63, 3.8) is 0 Å². The fourth-order valence-electron chi connectivity index (χ4n) is 3.45. The monoisotopic (exact) mass is 369 g/mol. The Morgan fingerprint density at radius 3 is 3.12 bits per heavy atom. The molecule has 1 unspecified atom stereocenters. The summed E-state index contributed by atoms with van der Waals surface area (Å²) in [5.41, 5.74) is 0.414. The number of hydrogen-bond donors (Lipinski definition) is 1. The SMILES string of the molecule is CN(Cc1cc2ccccc2s1)C(=O)c1cn(CC2CCCNC2)nn1. The van der Waals surface area contributed by atoms with Gasteiger partial charge in [0.1, 0.15) is 0 Å². The number of aromatic nitrogens is 3. The Bertz CT molecular complexity index is 863. The molecule has 1 aliphatic heterocycles. The highest BCUT2D eigenvalue weighted by Gasteiger charge is 2.19. The summed E-state index contributed by atoms with van der Waals surface area (Å²) in [7, 11) is 1.82. The van der Waals surface area contributed by atoms with Crippen LogP contribution >= 0.6 is 11.3 Å². The third-order valence-corrected chi connectivity index (χ3v) is 5.92. The summed E-state index contributed by atoms with van der Waals surface area (Å²) in [6.07, 6.45) is 4.17. The highest BCUT2D eigenvalue weighted by Crippen LogP contribution is 2.26. The maximum Gasteiger partial charge on any atom is 0.276 e. The Morgan fingerprint density at radius 1 is 1.42 bits per heavy atom. The minimum Gasteiger partial charge on any atom is -0.335 e. The van der Waals surface area contributed by atoms with E-state index in [0.29, 0.717) is 18.2 Å². The zero-order chi connectivity index (χ0) is 17.9. The average molecular weight is 369 g/mol. The lowest BCUT2D eigenvalue weighted by Crippen LogP contribution is -2.32. The van der Waals surface area contributed by atoms with Crippen molar-refractivity contribution in [2.24, 2.45) is 5.92 Å². The molecule has 3 heterocycles. The van der Waals surface area contributed by atoms with Crippen LogP contribution in [0.3, 0.4) is 0 Å². The summed E-state index contributed by atoms with van der Waals surface area (Å²) >= 11 is 1.72. The molecule has 0 aliphatic carbocycles. The molecule has 4 rings (SSSR count). The molecule has 0 radical (unpaired) electrons. The Balaban J connectivity index is 1.40. The minimum absolute atomic E-state index is 0.0875. The van der Waals surface area contributed by atoms with Gasteiger partial charge >= 0.3 is 0 Å². The Kier molecular flexibility index (Phi) is 4.99. The lowest BCUT2D eigenvalue weighted by atomic mass is 10.00. The van der Waals surface area contributed by atoms with Crippen molar-refractivity contribution < 1.29 is 4.79 Å². The molecule has 1 aliphatic rings. The van der Waals surface area contributed by atoms with Gasteiger partial charge in [0.15, 0.2) is 5.69 Å². The summed E-state index contributed by atoms with van der Waals surface area (Å²) in [5.74, 6) is 0.472. The summed E-state index contributed by atoms with van der Waals surface area (Å²) in [5, 5.41) is 12.9. The zero-order valence-electron chi connectivity index (χ0n) is 14.9. The van der Waals surface area contributed by atoms with Crippen molar-refractivity contribution in [2.75, 3.05) is 20.1 Å². The predicted molar refractivity (Wildman–Crippen MR) is 103 cm³/mol. The molecule has 2 aromatic heterocycles. The Labute approximate surface area is 156 Å². The lowest BCUT2D eigenvalue weighted by Gasteiger charge is -2.22. The van der Waals surface area contributed by atoms with Gasteiger partial charge in [-0.2, -0.15) is 0 Å². The summed E-state index contributed by atoms with van der Waals surface area (Å²) in [6, 6.07) is 10.4. The number of benzene rings is 1. The molecular formula is C19H23N5OS. The number of carbonyl (C=O) groups is 1. The standard InChI is InChI=1S/C19H23N5OS/c1-23(12-16-9-15-6-2-3-7-18(15)26-16)19(25)17-13-24(22-21-17)11-14-5-4-8-20-10-14/h2-3,6-7,9,13-14,20H,4-5,8,10-12H2,1H3. The van der Waals surface area contributed by atoms with Crippen molar-refractivity contribution in [3.05, 3.63) is 47.1 Å². The molecule has 1 fully saturated rings. The second kappa shape index (κ2) is 7.55. The lowest BCUT2D eigenvalue weighted by molar-refractivity contribution is 0.0780. The first kappa shape index (κ1) is 17.2. The van der Waals surface area contributed by atoms with E-state index in [1.54, 1.807) is 27.1 Å². The molecule has 6 nitrogen and oxygen atoms in total. The van der Waals surface area contributed by atoms with Gasteiger partial charge in [0.2, 0.25) is 0 Å². The van der Waals surface area contributed by atoms with Gasteiger partial charge in [0, 0.05) is 23.2 Å². The largest absolute Gasteiger partial charge is 0.335 e. The normalized spacial score (nSPS) is 17.5. The second-order valence-corrected chi connectivity index (χ2v) is 8.12. The second-order valence-electron chi connectivity index (χ2n) is 6.95. The van der Waals surface area contributed by atoms with Gasteiger partial charge in [-0.15, -0.1) is 16.4 Å². The first-order valence-corrected chi connectivity index (χ1v) is 9.84. The zero-order valence-corrected chi connectivity index (χ0v) is 15.7. The van der Waals surface area contributed by atoms with Crippen molar-refractivity contribution >= 4 is 27.3 Å². The minimum atomic E-state index is -0.0875. The molecule has 1 N–H and O–H groups in total. The van der Waals surface area contributed by atoms with E-state index in [4.69, 9.17) is 0 Å². The molecule has 136 valence electrons. The molecule has 26 heavy (non-hydrogen) atoms. The Hall–Kier alpha value is -2.25. The third kappa shape index (κ3) is 3.78. The fourth-order valence-corrected chi connectivity index (χ4v) is 4.56. The molecular weight excluding hydrogens is 346 g/mol. The van der Waals surface area contributed by atoms with E-state index in [9.17, 15) is 4.79 Å². The predicted octanol–water partition coefficient (Wildman–Crippen LogP) is 2.76. The smallest absolute Gasteiger partial charge is 0.276 e. The van der Waals surface area contributed by atoms with E-state index in [2.05, 4.69) is 33.8 Å². The van der Waals surface area contributed by atoms with Crippen LogP contribution in [0.1, 0.15) is 28.2 Å². The molecule has 0 saturated carbocycles. The van der Waals surface area contributed by atoms with E-state index < -0.39 is 0 Å². The number of carbonyl (C=O) groups excluding carboxylic acids is 1. The van der Waals surface area contributed by atoms with Gasteiger partial charge < -0.3 is 10.2 Å². The quantitative estimate of drug-likeness (QED) is 0.751. The number of hydrogen-bond acceptors (Lipinski definition) is 5. The van der Waals surface area contributed by atoms with Gasteiger partial charge in [-0.1, -0.05) is 23.4 Å². The van der Waals surface area contributed by atoms with E-state index in [1.165, 1.54) is 27.8 Å². The maximum atomic E-state index is 12.7. The van der Waals surface area contributed by atoms with Crippen molar-refractivity contribution in [1.29, 1.82) is 0 Å². The van der Waals surface area contributed by atoms with Crippen LogP contribution in [0, 0.1) is 5.92 Å². The summed E-state index contributed by atoms with van der Waals surface area (Å²) in [6.45, 7) is 3.50. The van der Waals surface area contributed by atoms with Gasteiger partial charge in [0.25, 0.3) is 5.91 Å². The van der Waals surface area contributed by atoms with Crippen LogP contribution in [-0.2, 0) is 13.1 Å². The number of thiophene rings is 1. The molecule has 3 aromatic rings. The van der Waals surface area contributed by atoms with E-state index >= 15 is 0 Å². The Morgan fingerprint density at radius 2 is 2.31 bits per heavy atom. The first-order valence-electron chi connectivity index (χ1n) is 9.03. The highest BCUT2D eigenvalue weighted by atomic mass is 32.1. The number of amides is 1. The van der Waals surface area contributed by atoms with Crippen LogP contribution in [-0.4, -0.2) is 45.9 Å². The van der Waals surface area contributed by atoms with Crippen LogP contribution in [0.15, 0.2) is 36.5 Å². The van der Waals surface area contributed by atoms with Gasteiger partial charge in [-0.05, 0) is 49.4 Å². The van der Waals surface area contributed by atoms with Crippen molar-refractivity contribution in [1.82, 2.24) is 25.2 Å². The van der Waals surface area contributed by atoms with E-state index in [1.807, 2.05) is 19.2 Å². The fraction of sp³-hybridized carbons (Fsp3) is 0.421. The van der Waals surface area contributed by atoms with E-state index in [0.717, 1.165) is 19.6 Å². The molecule has 1 saturated heterocycles. The van der Waals surface area contributed by atoms with Crippen molar-refractivity contribution in [2.45, 2.75) is 25.9 Å². The van der Waals surface area contributed by atoms with Crippen LogP contribution < -0.4 is 5.32 Å². The third-order valence-electron chi connectivity index (χ3n) is 4.82. The van der Waals surface area contributed by atoms with Crippen LogP contribution in [0.4, 0.5) is 0 Å². The molecule has 1 aromatic carbocycles. The maximum absolute atomic E-state index is 12.7. The number of piperidine rings is 1. The topological polar surface area (TPSA) is 63.1 Å². The summed E-state index contributed by atoms with van der Waals surface area (Å²) < 4.78 is 3.05. The molecule has 1 atom stereocenters. The first-order chi connectivity index (χ1) is 12.7.